The fourth-order valence-electron chi connectivity index (χ4n) is 2.03. The van der Waals surface area contributed by atoms with Crippen LogP contribution >= 0.6 is 35.0 Å². The molecule has 28 heavy (non-hydrogen) atoms. The summed E-state index contributed by atoms with van der Waals surface area (Å²) in [5, 5.41) is 13.6. The molecule has 150 valence electrons. The third-order valence-electron chi connectivity index (χ3n) is 3.39. The summed E-state index contributed by atoms with van der Waals surface area (Å²) >= 11 is 12.8. The minimum Gasteiger partial charge on any atom is -0.352 e. The molecule has 1 aromatic heterocycles. The van der Waals surface area contributed by atoms with Crippen molar-refractivity contribution in [1.29, 1.82) is 0 Å². The standard InChI is InChI=1S/C16H12Cl2F3N3O3S/c17-12-3-2-10(24(26)27)7-11(12)14(25)22-4-1-5-28-15-13(18)6-9(8-23-15)16(19,20)21/h2-3,6-8H,1,4-5H2,(H,22,25). The van der Waals surface area contributed by atoms with E-state index in [1.807, 2.05) is 0 Å². The van der Waals surface area contributed by atoms with Gasteiger partial charge in [-0.2, -0.15) is 13.2 Å². The summed E-state index contributed by atoms with van der Waals surface area (Å²) in [5.41, 5.74) is -1.20. The first-order valence-corrected chi connectivity index (χ1v) is 9.41. The van der Waals surface area contributed by atoms with E-state index in [2.05, 4.69) is 10.3 Å². The molecule has 1 heterocycles. The Morgan fingerprint density at radius 1 is 1.25 bits per heavy atom. The van der Waals surface area contributed by atoms with E-state index in [1.165, 1.54) is 12.1 Å². The second-order valence-electron chi connectivity index (χ2n) is 5.39. The summed E-state index contributed by atoms with van der Waals surface area (Å²) in [4.78, 5) is 25.9. The molecule has 2 rings (SSSR count). The van der Waals surface area contributed by atoms with Crippen molar-refractivity contribution >= 4 is 46.6 Å². The van der Waals surface area contributed by atoms with Gasteiger partial charge in [0, 0.05) is 30.6 Å². The van der Waals surface area contributed by atoms with Gasteiger partial charge in [-0.1, -0.05) is 23.2 Å². The maximum atomic E-state index is 12.6. The van der Waals surface area contributed by atoms with Crippen LogP contribution in [-0.2, 0) is 6.18 Å². The molecule has 0 bridgehead atoms. The largest absolute Gasteiger partial charge is 0.417 e. The number of halogens is 5. The van der Waals surface area contributed by atoms with E-state index >= 15 is 0 Å². The summed E-state index contributed by atoms with van der Waals surface area (Å²) in [6.45, 7) is 0.225. The smallest absolute Gasteiger partial charge is 0.352 e. The van der Waals surface area contributed by atoms with Gasteiger partial charge in [0.15, 0.2) is 0 Å². The number of thioether (sulfide) groups is 1. The molecule has 0 aliphatic rings. The molecule has 1 N–H and O–H groups in total. The van der Waals surface area contributed by atoms with Crippen LogP contribution in [0.1, 0.15) is 22.3 Å². The minimum absolute atomic E-state index is 0.0176. The molecule has 1 amide bonds. The van der Waals surface area contributed by atoms with Gasteiger partial charge in [0.25, 0.3) is 11.6 Å². The number of hydrogen-bond acceptors (Lipinski definition) is 5. The minimum atomic E-state index is -4.52. The fraction of sp³-hybridized carbons (Fsp3) is 0.250. The van der Waals surface area contributed by atoms with Crippen LogP contribution in [0, 0.1) is 10.1 Å². The summed E-state index contributed by atoms with van der Waals surface area (Å²) in [6, 6.07) is 4.35. The molecule has 6 nitrogen and oxygen atoms in total. The third-order valence-corrected chi connectivity index (χ3v) is 5.21. The Kier molecular flexibility index (Phi) is 7.50. The normalized spacial score (nSPS) is 11.3. The number of nitro benzene ring substituents is 1. The molecule has 1 aromatic carbocycles. The van der Waals surface area contributed by atoms with Crippen molar-refractivity contribution in [2.75, 3.05) is 12.3 Å². The molecule has 0 radical (unpaired) electrons. The molecule has 0 spiro atoms. The first-order valence-electron chi connectivity index (χ1n) is 7.67. The molecule has 0 fully saturated rings. The SMILES string of the molecule is O=C(NCCCSc1ncc(C(F)(F)F)cc1Cl)c1cc([N+](=O)[O-])ccc1Cl. The summed E-state index contributed by atoms with van der Waals surface area (Å²) in [7, 11) is 0. The number of benzene rings is 1. The van der Waals surface area contributed by atoms with Crippen molar-refractivity contribution in [3.8, 4) is 0 Å². The van der Waals surface area contributed by atoms with Gasteiger partial charge in [-0.05, 0) is 18.6 Å². The van der Waals surface area contributed by atoms with Gasteiger partial charge in [0.1, 0.15) is 5.03 Å². The van der Waals surface area contributed by atoms with Crippen LogP contribution in [0.25, 0.3) is 0 Å². The Labute approximate surface area is 171 Å². The second-order valence-corrected chi connectivity index (χ2v) is 7.29. The van der Waals surface area contributed by atoms with E-state index in [0.717, 1.165) is 23.9 Å². The lowest BCUT2D eigenvalue weighted by molar-refractivity contribution is -0.384. The molecule has 2 aromatic rings. The van der Waals surface area contributed by atoms with Crippen molar-refractivity contribution in [2.45, 2.75) is 17.6 Å². The van der Waals surface area contributed by atoms with Crippen LogP contribution in [0.2, 0.25) is 10.0 Å². The van der Waals surface area contributed by atoms with Crippen molar-refractivity contribution in [2.24, 2.45) is 0 Å². The van der Waals surface area contributed by atoms with E-state index in [4.69, 9.17) is 23.2 Å². The maximum absolute atomic E-state index is 12.6. The lowest BCUT2D eigenvalue weighted by Crippen LogP contribution is -2.25. The molecule has 0 saturated heterocycles. The maximum Gasteiger partial charge on any atom is 0.417 e. The summed E-state index contributed by atoms with van der Waals surface area (Å²) < 4.78 is 37.7. The predicted molar refractivity (Wildman–Crippen MR) is 100 cm³/mol. The number of carbonyl (C=O) groups excluding carboxylic acids is 1. The number of alkyl halides is 3. The Morgan fingerprint density at radius 2 is 1.96 bits per heavy atom. The highest BCUT2D eigenvalue weighted by atomic mass is 35.5. The van der Waals surface area contributed by atoms with Crippen LogP contribution in [-0.4, -0.2) is 28.1 Å². The van der Waals surface area contributed by atoms with Gasteiger partial charge in [-0.3, -0.25) is 14.9 Å². The molecule has 0 atom stereocenters. The molecule has 0 aliphatic heterocycles. The van der Waals surface area contributed by atoms with Gasteiger partial charge in [0.2, 0.25) is 0 Å². The topological polar surface area (TPSA) is 85.1 Å². The number of rotatable bonds is 7. The Morgan fingerprint density at radius 3 is 2.57 bits per heavy atom. The van der Waals surface area contributed by atoms with Gasteiger partial charge < -0.3 is 5.32 Å². The zero-order valence-electron chi connectivity index (χ0n) is 13.9. The highest BCUT2D eigenvalue weighted by Crippen LogP contribution is 2.33. The molecule has 0 saturated carbocycles. The lowest BCUT2D eigenvalue weighted by atomic mass is 10.2. The predicted octanol–water partition coefficient (Wildman–Crippen LogP) is 5.23. The van der Waals surface area contributed by atoms with Gasteiger partial charge >= 0.3 is 6.18 Å². The highest BCUT2D eigenvalue weighted by molar-refractivity contribution is 7.99. The highest BCUT2D eigenvalue weighted by Gasteiger charge is 2.31. The summed E-state index contributed by atoms with van der Waals surface area (Å²) in [5.74, 6) is -0.134. The van der Waals surface area contributed by atoms with E-state index in [9.17, 15) is 28.1 Å². The number of carbonyl (C=O) groups is 1. The first-order chi connectivity index (χ1) is 13.1. The van der Waals surface area contributed by atoms with Crippen LogP contribution in [0.15, 0.2) is 35.5 Å². The van der Waals surface area contributed by atoms with Crippen LogP contribution in [0.4, 0.5) is 18.9 Å². The molecular formula is C16H12Cl2F3N3O3S. The average molecular weight is 454 g/mol. The zero-order valence-corrected chi connectivity index (χ0v) is 16.3. The van der Waals surface area contributed by atoms with Crippen LogP contribution in [0.3, 0.4) is 0 Å². The number of hydrogen-bond donors (Lipinski definition) is 1. The lowest BCUT2D eigenvalue weighted by Gasteiger charge is -2.09. The number of nitro groups is 1. The number of non-ortho nitro benzene ring substituents is 1. The molecule has 0 aliphatic carbocycles. The second kappa shape index (κ2) is 9.44. The summed E-state index contributed by atoms with van der Waals surface area (Å²) in [6.07, 6.45) is -3.35. The number of nitrogens with zero attached hydrogens (tertiary/aromatic N) is 2. The fourth-order valence-corrected chi connectivity index (χ4v) is 3.37. The van der Waals surface area contributed by atoms with E-state index in [1.54, 1.807) is 0 Å². The van der Waals surface area contributed by atoms with Crippen LogP contribution < -0.4 is 5.32 Å². The van der Waals surface area contributed by atoms with Crippen molar-refractivity contribution < 1.29 is 22.9 Å². The molecular weight excluding hydrogens is 442 g/mol. The van der Waals surface area contributed by atoms with Crippen molar-refractivity contribution in [3.05, 3.63) is 61.7 Å². The number of nitrogens with one attached hydrogen (secondary N) is 1. The van der Waals surface area contributed by atoms with Gasteiger partial charge in [0.05, 0.1) is 26.1 Å². The monoisotopic (exact) mass is 453 g/mol. The number of aromatic nitrogens is 1. The molecule has 12 heteroatoms. The Balaban J connectivity index is 1.84. The van der Waals surface area contributed by atoms with E-state index < -0.39 is 22.6 Å². The number of amides is 1. The molecule has 0 unspecified atom stereocenters. The Bertz CT molecular complexity index is 897. The van der Waals surface area contributed by atoms with Crippen molar-refractivity contribution in [1.82, 2.24) is 10.3 Å². The Hall–Kier alpha value is -2.04. The first kappa shape index (κ1) is 22.3. The van der Waals surface area contributed by atoms with Gasteiger partial charge in [-0.25, -0.2) is 4.98 Å². The van der Waals surface area contributed by atoms with Crippen molar-refractivity contribution in [3.63, 3.8) is 0 Å². The van der Waals surface area contributed by atoms with Crippen LogP contribution in [0.5, 0.6) is 0 Å². The number of pyridine rings is 1. The third kappa shape index (κ3) is 5.98. The zero-order chi connectivity index (χ0) is 20.9. The van der Waals surface area contributed by atoms with E-state index in [-0.39, 0.29) is 32.9 Å². The quantitative estimate of drug-likeness (QED) is 0.268. The van der Waals surface area contributed by atoms with E-state index in [0.29, 0.717) is 18.4 Å². The van der Waals surface area contributed by atoms with Gasteiger partial charge in [-0.15, -0.1) is 11.8 Å². The average Bonchev–Trinajstić information content (AvgIpc) is 2.61.